The molecule has 0 atom stereocenters. The fourth-order valence-corrected chi connectivity index (χ4v) is 3.22. The maximum absolute atomic E-state index is 12.6. The van der Waals surface area contributed by atoms with Gasteiger partial charge in [-0.25, -0.2) is 9.97 Å². The summed E-state index contributed by atoms with van der Waals surface area (Å²) < 4.78 is 5.60. The van der Waals surface area contributed by atoms with Crippen LogP contribution in [0.25, 0.3) is 11.3 Å². The largest absolute Gasteiger partial charge is 0.633 e. The SMILES string of the molecule is [O-][N+]1(Cc2ccnc(Nc3ncc(-c4ccccc4)o3)c2)CCCC1. The number of pyridine rings is 1. The zero-order valence-corrected chi connectivity index (χ0v) is 13.9. The third-order valence-corrected chi connectivity index (χ3v) is 4.48. The molecule has 0 amide bonds. The number of likely N-dealkylation sites (tertiary alicyclic amines) is 1. The Morgan fingerprint density at radius 2 is 1.88 bits per heavy atom. The lowest BCUT2D eigenvalue weighted by molar-refractivity contribution is -0.881. The standard InChI is InChI=1S/C19H20N4O2/c24-23(10-4-5-11-23)14-15-8-9-20-18(12-15)22-19-21-13-17(25-19)16-6-2-1-3-7-16/h1-3,6-9,12-13H,4-5,10-11,14H2,(H,20,21,22). The number of oxazole rings is 1. The summed E-state index contributed by atoms with van der Waals surface area (Å²) in [7, 11) is 0. The molecule has 0 unspecified atom stereocenters. The van der Waals surface area contributed by atoms with Crippen molar-refractivity contribution in [3.63, 3.8) is 0 Å². The second kappa shape index (κ2) is 6.66. The number of hydroxylamine groups is 3. The zero-order valence-electron chi connectivity index (χ0n) is 13.9. The molecule has 0 bridgehead atoms. The normalized spacial score (nSPS) is 16.0. The van der Waals surface area contributed by atoms with Crippen LogP contribution in [0.2, 0.25) is 0 Å². The molecule has 1 saturated heterocycles. The lowest BCUT2D eigenvalue weighted by Crippen LogP contribution is -2.37. The predicted molar refractivity (Wildman–Crippen MR) is 95.8 cm³/mol. The Labute approximate surface area is 146 Å². The molecule has 0 saturated carbocycles. The van der Waals surface area contributed by atoms with Gasteiger partial charge in [0, 0.05) is 30.2 Å². The summed E-state index contributed by atoms with van der Waals surface area (Å²) in [5.41, 5.74) is 1.95. The topological polar surface area (TPSA) is 74.0 Å². The van der Waals surface area contributed by atoms with E-state index >= 15 is 0 Å². The number of hydrogen-bond donors (Lipinski definition) is 1. The lowest BCUT2D eigenvalue weighted by Gasteiger charge is -2.38. The van der Waals surface area contributed by atoms with Gasteiger partial charge in [0.05, 0.1) is 19.3 Å². The first-order valence-corrected chi connectivity index (χ1v) is 8.51. The van der Waals surface area contributed by atoms with Gasteiger partial charge in [0.1, 0.15) is 12.4 Å². The number of hydrogen-bond acceptors (Lipinski definition) is 5. The third-order valence-electron chi connectivity index (χ3n) is 4.48. The maximum atomic E-state index is 12.6. The molecule has 3 aromatic rings. The quantitative estimate of drug-likeness (QED) is 0.561. The zero-order chi connectivity index (χ0) is 17.1. The molecule has 1 N–H and O–H groups in total. The molecule has 2 aromatic heterocycles. The number of anilines is 2. The van der Waals surface area contributed by atoms with Gasteiger partial charge in [0.2, 0.25) is 0 Å². The lowest BCUT2D eigenvalue weighted by atomic mass is 10.2. The smallest absolute Gasteiger partial charge is 0.300 e. The van der Waals surface area contributed by atoms with Crippen molar-refractivity contribution in [2.45, 2.75) is 19.4 Å². The van der Waals surface area contributed by atoms with Crippen molar-refractivity contribution >= 4 is 11.8 Å². The van der Waals surface area contributed by atoms with Crippen LogP contribution in [0, 0.1) is 5.21 Å². The van der Waals surface area contributed by atoms with Gasteiger partial charge in [-0.1, -0.05) is 30.3 Å². The fourth-order valence-electron chi connectivity index (χ4n) is 3.22. The number of aromatic nitrogens is 2. The molecule has 1 fully saturated rings. The van der Waals surface area contributed by atoms with E-state index in [1.807, 2.05) is 42.5 Å². The molecule has 0 spiro atoms. The summed E-state index contributed by atoms with van der Waals surface area (Å²) in [5, 5.41) is 15.6. The molecule has 4 rings (SSSR count). The molecule has 0 aliphatic carbocycles. The Kier molecular flexibility index (Phi) is 4.21. The Morgan fingerprint density at radius 3 is 2.68 bits per heavy atom. The van der Waals surface area contributed by atoms with Crippen LogP contribution in [0.4, 0.5) is 11.8 Å². The van der Waals surface area contributed by atoms with Crippen molar-refractivity contribution in [1.82, 2.24) is 9.97 Å². The van der Waals surface area contributed by atoms with E-state index < -0.39 is 0 Å². The third kappa shape index (κ3) is 3.70. The second-order valence-electron chi connectivity index (χ2n) is 6.44. The second-order valence-corrected chi connectivity index (χ2v) is 6.44. The highest BCUT2D eigenvalue weighted by atomic mass is 16.5. The number of rotatable bonds is 5. The molecule has 25 heavy (non-hydrogen) atoms. The van der Waals surface area contributed by atoms with Crippen molar-refractivity contribution in [2.75, 3.05) is 18.4 Å². The van der Waals surface area contributed by atoms with Crippen LogP contribution in [-0.4, -0.2) is 27.7 Å². The minimum absolute atomic E-state index is 0.138. The number of quaternary nitrogens is 1. The van der Waals surface area contributed by atoms with E-state index in [-0.39, 0.29) is 4.65 Å². The molecule has 1 aliphatic heterocycles. The molecule has 6 nitrogen and oxygen atoms in total. The highest BCUT2D eigenvalue weighted by Gasteiger charge is 2.23. The average Bonchev–Trinajstić information content (AvgIpc) is 3.25. The summed E-state index contributed by atoms with van der Waals surface area (Å²) in [6.45, 7) is 1.88. The first-order valence-electron chi connectivity index (χ1n) is 8.51. The van der Waals surface area contributed by atoms with Crippen molar-refractivity contribution in [3.8, 4) is 11.3 Å². The van der Waals surface area contributed by atoms with Crippen LogP contribution < -0.4 is 5.32 Å². The van der Waals surface area contributed by atoms with E-state index in [1.165, 1.54) is 0 Å². The average molecular weight is 336 g/mol. The van der Waals surface area contributed by atoms with Gasteiger partial charge >= 0.3 is 6.01 Å². The summed E-state index contributed by atoms with van der Waals surface area (Å²) >= 11 is 0. The van der Waals surface area contributed by atoms with Crippen LogP contribution in [-0.2, 0) is 6.54 Å². The van der Waals surface area contributed by atoms with E-state index in [4.69, 9.17) is 4.42 Å². The number of benzene rings is 1. The van der Waals surface area contributed by atoms with Gasteiger partial charge in [0.15, 0.2) is 5.76 Å². The first kappa shape index (κ1) is 15.8. The number of nitrogens with one attached hydrogen (secondary N) is 1. The Balaban J connectivity index is 1.48. The highest BCUT2D eigenvalue weighted by molar-refractivity contribution is 5.58. The van der Waals surface area contributed by atoms with E-state index in [0.717, 1.165) is 24.0 Å². The van der Waals surface area contributed by atoms with Crippen LogP contribution in [0.1, 0.15) is 18.4 Å². The first-order chi connectivity index (χ1) is 12.2. The monoisotopic (exact) mass is 336 g/mol. The van der Waals surface area contributed by atoms with Gasteiger partial charge in [-0.15, -0.1) is 0 Å². The van der Waals surface area contributed by atoms with Gasteiger partial charge in [-0.3, -0.25) is 5.32 Å². The van der Waals surface area contributed by atoms with Gasteiger partial charge in [0.25, 0.3) is 0 Å². The molecular formula is C19H20N4O2. The van der Waals surface area contributed by atoms with E-state index in [1.54, 1.807) is 12.4 Å². The summed E-state index contributed by atoms with van der Waals surface area (Å²) in [5.74, 6) is 1.32. The van der Waals surface area contributed by atoms with Crippen molar-refractivity contribution < 1.29 is 9.06 Å². The van der Waals surface area contributed by atoms with E-state index in [0.29, 0.717) is 37.2 Å². The molecule has 1 aromatic carbocycles. The maximum Gasteiger partial charge on any atom is 0.300 e. The minimum atomic E-state index is -0.138. The molecule has 6 heteroatoms. The molecule has 3 heterocycles. The highest BCUT2D eigenvalue weighted by Crippen LogP contribution is 2.25. The summed E-state index contributed by atoms with van der Waals surface area (Å²) in [6, 6.07) is 14.0. The molecule has 0 radical (unpaired) electrons. The van der Waals surface area contributed by atoms with Gasteiger partial charge in [-0.2, -0.15) is 0 Å². The fraction of sp³-hybridized carbons (Fsp3) is 0.263. The summed E-state index contributed by atoms with van der Waals surface area (Å²) in [6.07, 6.45) is 5.42. The van der Waals surface area contributed by atoms with Crippen molar-refractivity contribution in [2.24, 2.45) is 0 Å². The molecule has 128 valence electrons. The van der Waals surface area contributed by atoms with Crippen LogP contribution in [0.3, 0.4) is 0 Å². The van der Waals surface area contributed by atoms with Gasteiger partial charge < -0.3 is 14.3 Å². The van der Waals surface area contributed by atoms with Crippen LogP contribution in [0.5, 0.6) is 0 Å². The summed E-state index contributed by atoms with van der Waals surface area (Å²) in [4.78, 5) is 8.54. The van der Waals surface area contributed by atoms with Crippen LogP contribution in [0.15, 0.2) is 59.3 Å². The Morgan fingerprint density at radius 1 is 1.08 bits per heavy atom. The van der Waals surface area contributed by atoms with E-state index in [2.05, 4.69) is 15.3 Å². The molecular weight excluding hydrogens is 316 g/mol. The molecule has 1 aliphatic rings. The van der Waals surface area contributed by atoms with Crippen molar-refractivity contribution in [3.05, 3.63) is 65.6 Å². The predicted octanol–water partition coefficient (Wildman–Crippen LogP) is 4.09. The Hall–Kier alpha value is -2.70. The van der Waals surface area contributed by atoms with Gasteiger partial charge in [-0.05, 0) is 12.1 Å². The van der Waals surface area contributed by atoms with Crippen LogP contribution >= 0.6 is 0 Å². The number of nitrogens with zero attached hydrogens (tertiary/aromatic N) is 3. The Bertz CT molecular complexity index is 841. The van der Waals surface area contributed by atoms with E-state index in [9.17, 15) is 5.21 Å². The minimum Gasteiger partial charge on any atom is -0.633 e. The van der Waals surface area contributed by atoms with Crippen molar-refractivity contribution in [1.29, 1.82) is 0 Å².